The van der Waals surface area contributed by atoms with Crippen LogP contribution in [0.1, 0.15) is 23.2 Å². The predicted molar refractivity (Wildman–Crippen MR) is 87.8 cm³/mol. The highest BCUT2D eigenvalue weighted by molar-refractivity contribution is 6.06. The van der Waals surface area contributed by atoms with Crippen molar-refractivity contribution in [2.24, 2.45) is 0 Å². The molecule has 2 aromatic rings. The van der Waals surface area contributed by atoms with Gasteiger partial charge in [0.05, 0.1) is 18.8 Å². The number of alkyl halides is 3. The van der Waals surface area contributed by atoms with Crippen molar-refractivity contribution in [2.45, 2.75) is 43.7 Å². The van der Waals surface area contributed by atoms with Gasteiger partial charge in [-0.05, 0) is 25.0 Å². The third-order valence-corrected chi connectivity index (χ3v) is 4.81. The van der Waals surface area contributed by atoms with Crippen molar-refractivity contribution < 1.29 is 22.7 Å². The van der Waals surface area contributed by atoms with Gasteiger partial charge in [-0.3, -0.25) is 4.79 Å². The lowest BCUT2D eigenvalue weighted by molar-refractivity contribution is -0.139. The molecular formula is C17H19F3N4O2. The van der Waals surface area contributed by atoms with Crippen LogP contribution in [0, 0.1) is 0 Å². The van der Waals surface area contributed by atoms with Gasteiger partial charge < -0.3 is 19.9 Å². The molecule has 3 atom stereocenters. The molecule has 1 amide bonds. The number of hydrogen-bond donors (Lipinski definition) is 2. The first-order chi connectivity index (χ1) is 12.4. The fraction of sp³-hybridized carbons (Fsp3) is 0.529. The van der Waals surface area contributed by atoms with Crippen molar-refractivity contribution in [3.63, 3.8) is 0 Å². The lowest BCUT2D eigenvalue weighted by Crippen LogP contribution is -2.58. The maximum Gasteiger partial charge on any atom is 0.406 e. The van der Waals surface area contributed by atoms with Crippen molar-refractivity contribution in [2.75, 3.05) is 13.2 Å². The molecule has 0 saturated carbocycles. The van der Waals surface area contributed by atoms with E-state index in [0.717, 1.165) is 17.4 Å². The van der Waals surface area contributed by atoms with E-state index >= 15 is 0 Å². The summed E-state index contributed by atoms with van der Waals surface area (Å²) in [6.07, 6.45) is -0.247. The minimum Gasteiger partial charge on any atom is -0.378 e. The zero-order chi connectivity index (χ0) is 18.3. The van der Waals surface area contributed by atoms with Crippen molar-refractivity contribution in [1.29, 1.82) is 0 Å². The Morgan fingerprint density at radius 1 is 1.35 bits per heavy atom. The Kier molecular flexibility index (Phi) is 4.36. The van der Waals surface area contributed by atoms with Gasteiger partial charge in [0.2, 0.25) is 0 Å². The molecule has 0 aliphatic carbocycles. The molecule has 26 heavy (non-hydrogen) atoms. The average molecular weight is 368 g/mol. The van der Waals surface area contributed by atoms with E-state index in [9.17, 15) is 18.0 Å². The van der Waals surface area contributed by atoms with Crippen LogP contribution in [0.25, 0.3) is 11.0 Å². The molecule has 2 aliphatic rings. The number of halogens is 3. The zero-order valence-electron chi connectivity index (χ0n) is 13.9. The summed E-state index contributed by atoms with van der Waals surface area (Å²) in [6.45, 7) is 0.0397. The van der Waals surface area contributed by atoms with E-state index < -0.39 is 12.7 Å². The number of nitrogens with one attached hydrogen (secondary N) is 2. The van der Waals surface area contributed by atoms with Crippen LogP contribution in [-0.4, -0.2) is 53.0 Å². The summed E-state index contributed by atoms with van der Waals surface area (Å²) < 4.78 is 44.9. The maximum absolute atomic E-state index is 12.8. The fourth-order valence-electron chi connectivity index (χ4n) is 3.84. The molecule has 1 unspecified atom stereocenters. The van der Waals surface area contributed by atoms with Crippen LogP contribution in [0.5, 0.6) is 0 Å². The van der Waals surface area contributed by atoms with Crippen molar-refractivity contribution in [3.8, 4) is 0 Å². The van der Waals surface area contributed by atoms with E-state index in [1.54, 1.807) is 12.1 Å². The summed E-state index contributed by atoms with van der Waals surface area (Å²) in [7, 11) is 0. The average Bonchev–Trinajstić information content (AvgIpc) is 2.92. The molecule has 140 valence electrons. The lowest BCUT2D eigenvalue weighted by Gasteiger charge is -2.40. The number of carbonyl (C=O) groups excluding carboxylic acids is 1. The van der Waals surface area contributed by atoms with E-state index in [-0.39, 0.29) is 35.2 Å². The van der Waals surface area contributed by atoms with Crippen LogP contribution in [0.2, 0.25) is 0 Å². The van der Waals surface area contributed by atoms with Crippen LogP contribution < -0.4 is 10.6 Å². The Bertz CT molecular complexity index is 808. The first-order valence-electron chi connectivity index (χ1n) is 8.54. The molecule has 2 aromatic heterocycles. The summed E-state index contributed by atoms with van der Waals surface area (Å²) >= 11 is 0. The number of aromatic nitrogens is 2. The van der Waals surface area contributed by atoms with E-state index in [0.29, 0.717) is 18.6 Å². The van der Waals surface area contributed by atoms with Crippen LogP contribution in [-0.2, 0) is 11.3 Å². The molecule has 4 heterocycles. The fourth-order valence-corrected chi connectivity index (χ4v) is 3.84. The first kappa shape index (κ1) is 17.3. The highest BCUT2D eigenvalue weighted by Crippen LogP contribution is 2.25. The van der Waals surface area contributed by atoms with Crippen molar-refractivity contribution in [3.05, 3.63) is 30.1 Å². The molecule has 2 aliphatic heterocycles. The predicted octanol–water partition coefficient (Wildman–Crippen LogP) is 1.85. The molecule has 4 rings (SSSR count). The topological polar surface area (TPSA) is 68.2 Å². The zero-order valence-corrected chi connectivity index (χ0v) is 13.9. The normalized spacial score (nSPS) is 26.0. The number of hydrogen-bond acceptors (Lipinski definition) is 4. The van der Waals surface area contributed by atoms with Crippen molar-refractivity contribution >= 4 is 16.9 Å². The number of nitrogens with zero attached hydrogens (tertiary/aromatic N) is 2. The van der Waals surface area contributed by atoms with Crippen LogP contribution in [0.15, 0.2) is 24.5 Å². The first-order valence-corrected chi connectivity index (χ1v) is 8.54. The van der Waals surface area contributed by atoms with Gasteiger partial charge in [-0.25, -0.2) is 4.98 Å². The number of fused-ring (bicyclic) bond motifs is 3. The third kappa shape index (κ3) is 3.54. The van der Waals surface area contributed by atoms with Gasteiger partial charge in [-0.2, -0.15) is 13.2 Å². The standard InChI is InChI=1S/C17H19F3N4O2/c18-17(19,20)9-24-6-14(13-2-1-3-21-15(13)24)16(25)23-10-4-11-7-26-8-12(5-10)22-11/h1-3,6,10-12,22H,4-5,7-9H2,(H,23,25)/t10?,11-,12+. The van der Waals surface area contributed by atoms with Gasteiger partial charge in [-0.15, -0.1) is 0 Å². The molecule has 2 saturated heterocycles. The van der Waals surface area contributed by atoms with Gasteiger partial charge >= 0.3 is 6.18 Å². The smallest absolute Gasteiger partial charge is 0.378 e. The minimum atomic E-state index is -4.39. The Hall–Kier alpha value is -2.13. The number of pyridine rings is 1. The van der Waals surface area contributed by atoms with Gasteiger partial charge in [0.15, 0.2) is 0 Å². The Balaban J connectivity index is 1.57. The van der Waals surface area contributed by atoms with Crippen LogP contribution in [0.3, 0.4) is 0 Å². The van der Waals surface area contributed by atoms with Crippen LogP contribution in [0.4, 0.5) is 13.2 Å². The highest BCUT2D eigenvalue weighted by atomic mass is 19.4. The molecule has 9 heteroatoms. The minimum absolute atomic E-state index is 0.0275. The van der Waals surface area contributed by atoms with Crippen LogP contribution >= 0.6 is 0 Å². The summed E-state index contributed by atoms with van der Waals surface area (Å²) in [5, 5.41) is 6.84. The monoisotopic (exact) mass is 368 g/mol. The third-order valence-electron chi connectivity index (χ3n) is 4.81. The largest absolute Gasteiger partial charge is 0.406 e. The number of ether oxygens (including phenoxy) is 1. The van der Waals surface area contributed by atoms with Crippen molar-refractivity contribution in [1.82, 2.24) is 20.2 Å². The number of carbonyl (C=O) groups is 1. The molecule has 2 N–H and O–H groups in total. The summed E-state index contributed by atoms with van der Waals surface area (Å²) in [4.78, 5) is 16.8. The number of piperidine rings is 1. The van der Waals surface area contributed by atoms with E-state index in [4.69, 9.17) is 4.74 Å². The van der Waals surface area contributed by atoms with Gasteiger partial charge in [0.1, 0.15) is 12.2 Å². The second-order valence-corrected chi connectivity index (χ2v) is 6.90. The molecular weight excluding hydrogens is 349 g/mol. The Morgan fingerprint density at radius 3 is 2.77 bits per heavy atom. The maximum atomic E-state index is 12.8. The number of morpholine rings is 1. The Morgan fingerprint density at radius 2 is 2.08 bits per heavy atom. The van der Waals surface area contributed by atoms with Gasteiger partial charge in [0, 0.05) is 35.9 Å². The lowest BCUT2D eigenvalue weighted by atomic mass is 9.92. The van der Waals surface area contributed by atoms with E-state index in [2.05, 4.69) is 15.6 Å². The summed E-state index contributed by atoms with van der Waals surface area (Å²) in [5.74, 6) is -0.366. The SMILES string of the molecule is O=C(NC1C[C@H]2COC[C@@H](C1)N2)c1cn(CC(F)(F)F)c2ncccc12. The molecule has 0 spiro atoms. The molecule has 2 fully saturated rings. The molecule has 0 aromatic carbocycles. The van der Waals surface area contributed by atoms with Gasteiger partial charge in [-0.1, -0.05) is 0 Å². The Labute approximate surface area is 147 Å². The quantitative estimate of drug-likeness (QED) is 0.868. The molecule has 6 nitrogen and oxygen atoms in total. The second-order valence-electron chi connectivity index (χ2n) is 6.90. The summed E-state index contributed by atoms with van der Waals surface area (Å²) in [6, 6.07) is 3.60. The highest BCUT2D eigenvalue weighted by Gasteiger charge is 2.34. The molecule has 2 bridgehead atoms. The van der Waals surface area contributed by atoms with E-state index in [1.807, 2.05) is 0 Å². The number of amides is 1. The number of rotatable bonds is 3. The second kappa shape index (κ2) is 6.55. The summed E-state index contributed by atoms with van der Waals surface area (Å²) in [5.41, 5.74) is 0.378. The van der Waals surface area contributed by atoms with Gasteiger partial charge in [0.25, 0.3) is 5.91 Å². The van der Waals surface area contributed by atoms with E-state index in [1.165, 1.54) is 12.4 Å². The molecule has 0 radical (unpaired) electrons.